The first-order chi connectivity index (χ1) is 5.90. The van der Waals surface area contributed by atoms with Crippen LogP contribution >= 0.6 is 0 Å². The van der Waals surface area contributed by atoms with Crippen LogP contribution in [0.3, 0.4) is 0 Å². The van der Waals surface area contributed by atoms with Crippen molar-refractivity contribution >= 4 is 5.91 Å². The van der Waals surface area contributed by atoms with E-state index in [0.29, 0.717) is 0 Å². The van der Waals surface area contributed by atoms with E-state index in [4.69, 9.17) is 5.73 Å². The molecule has 0 aliphatic carbocycles. The lowest BCUT2D eigenvalue weighted by atomic mass is 10.3. The molecular formula is C6H11F3N2O2. The van der Waals surface area contributed by atoms with E-state index >= 15 is 0 Å². The number of hydrogen-bond donors (Lipinski definition) is 2. The SMILES string of the molecule is COC(CN)C(=O)NCC(F)(F)F. The van der Waals surface area contributed by atoms with E-state index in [1.54, 1.807) is 5.32 Å². The smallest absolute Gasteiger partial charge is 0.370 e. The average molecular weight is 200 g/mol. The van der Waals surface area contributed by atoms with Crippen molar-refractivity contribution in [3.8, 4) is 0 Å². The molecule has 0 saturated heterocycles. The highest BCUT2D eigenvalue weighted by atomic mass is 19.4. The van der Waals surface area contributed by atoms with Crippen molar-refractivity contribution in [2.45, 2.75) is 12.3 Å². The molecular weight excluding hydrogens is 189 g/mol. The molecule has 13 heavy (non-hydrogen) atoms. The van der Waals surface area contributed by atoms with Crippen molar-refractivity contribution in [3.63, 3.8) is 0 Å². The average Bonchev–Trinajstić information content (AvgIpc) is 2.02. The molecule has 1 unspecified atom stereocenters. The zero-order valence-electron chi connectivity index (χ0n) is 7.02. The predicted molar refractivity (Wildman–Crippen MR) is 38.9 cm³/mol. The molecule has 0 aromatic heterocycles. The van der Waals surface area contributed by atoms with Gasteiger partial charge in [0.25, 0.3) is 5.91 Å². The lowest BCUT2D eigenvalue weighted by molar-refractivity contribution is -0.144. The highest BCUT2D eigenvalue weighted by Crippen LogP contribution is 2.12. The summed E-state index contributed by atoms with van der Waals surface area (Å²) in [4.78, 5) is 10.8. The number of hydrogen-bond acceptors (Lipinski definition) is 3. The summed E-state index contributed by atoms with van der Waals surface area (Å²) in [7, 11) is 1.20. The Hall–Kier alpha value is -0.820. The highest BCUT2D eigenvalue weighted by molar-refractivity contribution is 5.81. The second kappa shape index (κ2) is 5.03. The van der Waals surface area contributed by atoms with Crippen LogP contribution in [0.5, 0.6) is 0 Å². The van der Waals surface area contributed by atoms with Crippen LogP contribution in [0.4, 0.5) is 13.2 Å². The molecule has 1 atom stereocenters. The molecule has 0 spiro atoms. The number of rotatable bonds is 4. The first kappa shape index (κ1) is 12.2. The van der Waals surface area contributed by atoms with E-state index in [2.05, 4.69) is 4.74 Å². The standard InChI is InChI=1S/C6H11F3N2O2/c1-13-4(2-10)5(12)11-3-6(7,8)9/h4H,2-3,10H2,1H3,(H,11,12). The Morgan fingerprint density at radius 3 is 2.46 bits per heavy atom. The van der Waals surface area contributed by atoms with Crippen LogP contribution in [0.15, 0.2) is 0 Å². The van der Waals surface area contributed by atoms with Crippen LogP contribution in [0.1, 0.15) is 0 Å². The number of carbonyl (C=O) groups is 1. The summed E-state index contributed by atoms with van der Waals surface area (Å²) in [5.74, 6) is -0.859. The molecule has 0 radical (unpaired) electrons. The molecule has 0 aromatic carbocycles. The van der Waals surface area contributed by atoms with Gasteiger partial charge in [-0.1, -0.05) is 0 Å². The summed E-state index contributed by atoms with van der Waals surface area (Å²) in [6, 6.07) is 0. The van der Waals surface area contributed by atoms with Gasteiger partial charge in [-0.3, -0.25) is 4.79 Å². The maximum absolute atomic E-state index is 11.6. The Morgan fingerprint density at radius 1 is 1.62 bits per heavy atom. The van der Waals surface area contributed by atoms with Crippen LogP contribution in [0, 0.1) is 0 Å². The lowest BCUT2D eigenvalue weighted by Crippen LogP contribution is -2.44. The van der Waals surface area contributed by atoms with E-state index in [1.807, 2.05) is 0 Å². The molecule has 0 saturated carbocycles. The second-order valence-corrected chi connectivity index (χ2v) is 2.29. The van der Waals surface area contributed by atoms with Crippen LogP contribution in [-0.4, -0.2) is 38.4 Å². The molecule has 1 amide bonds. The third kappa shape index (κ3) is 5.42. The Morgan fingerprint density at radius 2 is 2.15 bits per heavy atom. The topological polar surface area (TPSA) is 64.3 Å². The number of nitrogens with one attached hydrogen (secondary N) is 1. The van der Waals surface area contributed by atoms with E-state index in [1.165, 1.54) is 7.11 Å². The Labute approximate surface area is 73.2 Å². The van der Waals surface area contributed by atoms with Crippen molar-refractivity contribution in [3.05, 3.63) is 0 Å². The molecule has 0 aliphatic rings. The third-order valence-electron chi connectivity index (χ3n) is 1.25. The van der Waals surface area contributed by atoms with Gasteiger partial charge in [-0.15, -0.1) is 0 Å². The number of ether oxygens (including phenoxy) is 1. The van der Waals surface area contributed by atoms with Gasteiger partial charge in [-0.05, 0) is 0 Å². The molecule has 0 aliphatic heterocycles. The number of nitrogens with two attached hydrogens (primary N) is 1. The summed E-state index contributed by atoms with van der Waals surface area (Å²) in [6.07, 6.45) is -5.44. The number of methoxy groups -OCH3 is 1. The van der Waals surface area contributed by atoms with Crippen LogP contribution in [-0.2, 0) is 9.53 Å². The quantitative estimate of drug-likeness (QED) is 0.651. The minimum absolute atomic E-state index is 0.153. The van der Waals surface area contributed by atoms with Crippen molar-refractivity contribution in [2.24, 2.45) is 5.73 Å². The van der Waals surface area contributed by atoms with Gasteiger partial charge in [0.15, 0.2) is 0 Å². The summed E-state index contributed by atoms with van der Waals surface area (Å²) in [5.41, 5.74) is 5.06. The van der Waals surface area contributed by atoms with Crippen LogP contribution in [0.2, 0.25) is 0 Å². The van der Waals surface area contributed by atoms with Gasteiger partial charge in [0.1, 0.15) is 12.6 Å². The highest BCUT2D eigenvalue weighted by Gasteiger charge is 2.29. The Bertz CT molecular complexity index is 168. The minimum atomic E-state index is -4.41. The van der Waals surface area contributed by atoms with Crippen molar-refractivity contribution in [2.75, 3.05) is 20.2 Å². The third-order valence-corrected chi connectivity index (χ3v) is 1.25. The first-order valence-electron chi connectivity index (χ1n) is 3.48. The predicted octanol–water partition coefficient (Wildman–Crippen LogP) is -0.361. The molecule has 78 valence electrons. The fourth-order valence-corrected chi connectivity index (χ4v) is 0.611. The summed E-state index contributed by atoms with van der Waals surface area (Å²) in [5, 5.41) is 1.66. The van der Waals surface area contributed by atoms with Crippen LogP contribution < -0.4 is 11.1 Å². The van der Waals surface area contributed by atoms with Gasteiger partial charge in [0.05, 0.1) is 0 Å². The van der Waals surface area contributed by atoms with Crippen molar-refractivity contribution in [1.82, 2.24) is 5.32 Å². The van der Waals surface area contributed by atoms with Crippen molar-refractivity contribution in [1.29, 1.82) is 0 Å². The van der Waals surface area contributed by atoms with Gasteiger partial charge in [-0.25, -0.2) is 0 Å². The first-order valence-corrected chi connectivity index (χ1v) is 3.48. The number of carbonyl (C=O) groups excluding carboxylic acids is 1. The summed E-state index contributed by atoms with van der Waals surface area (Å²) < 4.78 is 39.3. The monoisotopic (exact) mass is 200 g/mol. The lowest BCUT2D eigenvalue weighted by Gasteiger charge is -2.13. The van der Waals surface area contributed by atoms with Gasteiger partial charge in [0.2, 0.25) is 0 Å². The minimum Gasteiger partial charge on any atom is -0.370 e. The zero-order chi connectivity index (χ0) is 10.5. The zero-order valence-corrected chi connectivity index (χ0v) is 7.02. The second-order valence-electron chi connectivity index (χ2n) is 2.29. The Kier molecular flexibility index (Phi) is 4.71. The molecule has 0 aromatic rings. The van der Waals surface area contributed by atoms with Gasteiger partial charge >= 0.3 is 6.18 Å². The number of amides is 1. The van der Waals surface area contributed by atoms with E-state index < -0.39 is 24.7 Å². The van der Waals surface area contributed by atoms with Gasteiger partial charge in [-0.2, -0.15) is 13.2 Å². The van der Waals surface area contributed by atoms with E-state index in [9.17, 15) is 18.0 Å². The molecule has 0 heterocycles. The van der Waals surface area contributed by atoms with E-state index in [-0.39, 0.29) is 6.54 Å². The normalized spacial score (nSPS) is 13.9. The van der Waals surface area contributed by atoms with Crippen molar-refractivity contribution < 1.29 is 22.7 Å². The number of halogens is 3. The largest absolute Gasteiger partial charge is 0.405 e. The fourth-order valence-electron chi connectivity index (χ4n) is 0.611. The molecule has 0 rings (SSSR count). The molecule has 0 fully saturated rings. The van der Waals surface area contributed by atoms with E-state index in [0.717, 1.165) is 0 Å². The summed E-state index contributed by atoms with van der Waals surface area (Å²) in [6.45, 7) is -1.52. The Balaban J connectivity index is 3.86. The molecule has 7 heteroatoms. The summed E-state index contributed by atoms with van der Waals surface area (Å²) >= 11 is 0. The molecule has 3 N–H and O–H groups in total. The maximum Gasteiger partial charge on any atom is 0.405 e. The van der Waals surface area contributed by atoms with Crippen LogP contribution in [0.25, 0.3) is 0 Å². The molecule has 4 nitrogen and oxygen atoms in total. The fraction of sp³-hybridized carbons (Fsp3) is 0.833. The van der Waals surface area contributed by atoms with Gasteiger partial charge < -0.3 is 15.8 Å². The van der Waals surface area contributed by atoms with Gasteiger partial charge in [0, 0.05) is 13.7 Å². The maximum atomic E-state index is 11.6. The number of alkyl halides is 3. The molecule has 0 bridgehead atoms.